The van der Waals surface area contributed by atoms with Crippen molar-refractivity contribution in [1.29, 1.82) is 0 Å². The Morgan fingerprint density at radius 1 is 0.786 bits per heavy atom. The number of anilines is 4. The number of nitrogens with one attached hydrogen (secondary N) is 3. The van der Waals surface area contributed by atoms with Gasteiger partial charge in [-0.05, 0) is 66.1 Å². The first kappa shape index (κ1) is 29.3. The first-order chi connectivity index (χ1) is 20.2. The second-order valence-corrected chi connectivity index (χ2v) is 11.8. The van der Waals surface area contributed by atoms with E-state index in [1.807, 2.05) is 36.4 Å². The lowest BCUT2D eigenvalue weighted by Gasteiger charge is -2.38. The van der Waals surface area contributed by atoms with Crippen LogP contribution >= 0.6 is 0 Å². The molecule has 3 aromatic rings. The van der Waals surface area contributed by atoms with Crippen LogP contribution in [0.5, 0.6) is 5.75 Å². The van der Waals surface area contributed by atoms with Crippen LogP contribution in [0.2, 0.25) is 0 Å². The van der Waals surface area contributed by atoms with Crippen molar-refractivity contribution >= 4 is 34.7 Å². The number of ether oxygens (including phenoxy) is 1. The van der Waals surface area contributed by atoms with E-state index in [2.05, 4.69) is 71.6 Å². The third-order valence-electron chi connectivity index (χ3n) is 8.07. The van der Waals surface area contributed by atoms with Crippen molar-refractivity contribution < 1.29 is 14.3 Å². The molecule has 222 valence electrons. The maximum atomic E-state index is 13.4. The zero-order valence-corrected chi connectivity index (χ0v) is 25.4. The lowest BCUT2D eigenvalue weighted by atomic mass is 9.93. The fourth-order valence-electron chi connectivity index (χ4n) is 5.61. The normalized spacial score (nSPS) is 15.1. The molecular weight excluding hydrogens is 526 g/mol. The van der Waals surface area contributed by atoms with E-state index in [9.17, 15) is 9.59 Å². The molecule has 8 nitrogen and oxygen atoms in total. The van der Waals surface area contributed by atoms with Crippen molar-refractivity contribution in [3.63, 3.8) is 0 Å². The number of piperazine rings is 1. The van der Waals surface area contributed by atoms with Crippen molar-refractivity contribution in [2.75, 3.05) is 53.7 Å². The molecule has 2 aliphatic rings. The van der Waals surface area contributed by atoms with E-state index in [1.165, 1.54) is 0 Å². The summed E-state index contributed by atoms with van der Waals surface area (Å²) in [4.78, 5) is 31.2. The van der Waals surface area contributed by atoms with Crippen LogP contribution in [0.3, 0.4) is 0 Å². The number of rotatable bonds is 9. The summed E-state index contributed by atoms with van der Waals surface area (Å²) >= 11 is 0. The Balaban J connectivity index is 1.34. The Morgan fingerprint density at radius 2 is 1.40 bits per heavy atom. The Morgan fingerprint density at radius 3 is 2.00 bits per heavy atom. The average molecular weight is 570 g/mol. The Hall–Kier alpha value is -4.20. The predicted molar refractivity (Wildman–Crippen MR) is 172 cm³/mol. The monoisotopic (exact) mass is 569 g/mol. The molecule has 8 heteroatoms. The zero-order chi connectivity index (χ0) is 29.8. The fraction of sp³-hybridized carbons (Fsp3) is 0.412. The molecule has 5 rings (SSSR count). The van der Waals surface area contributed by atoms with Crippen molar-refractivity contribution in [2.45, 2.75) is 58.4 Å². The van der Waals surface area contributed by atoms with Crippen LogP contribution in [0.4, 0.5) is 27.5 Å². The summed E-state index contributed by atoms with van der Waals surface area (Å²) in [5, 5.41) is 9.24. The van der Waals surface area contributed by atoms with E-state index in [0.29, 0.717) is 11.3 Å². The molecule has 1 saturated heterocycles. The van der Waals surface area contributed by atoms with E-state index in [1.54, 1.807) is 13.2 Å². The second-order valence-electron chi connectivity index (χ2n) is 11.8. The van der Waals surface area contributed by atoms with Gasteiger partial charge in [0.2, 0.25) is 0 Å². The first-order valence-corrected chi connectivity index (χ1v) is 15.0. The van der Waals surface area contributed by atoms with E-state index in [0.717, 1.165) is 73.0 Å². The molecule has 2 fully saturated rings. The molecule has 1 heterocycles. The van der Waals surface area contributed by atoms with Crippen LogP contribution in [0.25, 0.3) is 0 Å². The quantitative estimate of drug-likeness (QED) is 0.264. The third kappa shape index (κ3) is 6.64. The first-order valence-electron chi connectivity index (χ1n) is 15.0. The minimum Gasteiger partial charge on any atom is -0.495 e. The number of urea groups is 1. The largest absolute Gasteiger partial charge is 0.495 e. The molecule has 42 heavy (non-hydrogen) atoms. The molecule has 0 radical (unpaired) electrons. The molecule has 1 aliphatic carbocycles. The van der Waals surface area contributed by atoms with Crippen molar-refractivity contribution in [3.8, 4) is 5.75 Å². The summed E-state index contributed by atoms with van der Waals surface area (Å²) in [6.07, 6.45) is 2.01. The van der Waals surface area contributed by atoms with Gasteiger partial charge in [-0.25, -0.2) is 4.79 Å². The summed E-state index contributed by atoms with van der Waals surface area (Å²) in [5.74, 6) is 1.29. The van der Waals surface area contributed by atoms with Gasteiger partial charge in [0.1, 0.15) is 5.75 Å². The molecule has 1 aliphatic heterocycles. The van der Waals surface area contributed by atoms with Crippen molar-refractivity contribution in [2.24, 2.45) is 0 Å². The minimum absolute atomic E-state index is 0.101. The van der Waals surface area contributed by atoms with Gasteiger partial charge >= 0.3 is 6.03 Å². The number of methoxy groups -OCH3 is 1. The molecule has 3 amide bonds. The van der Waals surface area contributed by atoms with E-state index >= 15 is 0 Å². The summed E-state index contributed by atoms with van der Waals surface area (Å²) in [6.45, 7) is 11.6. The number of hydrogen-bond acceptors (Lipinski definition) is 5. The Kier molecular flexibility index (Phi) is 8.90. The predicted octanol–water partition coefficient (Wildman–Crippen LogP) is 6.80. The standard InChI is InChI=1S/C34H43N5O3/c1-22(2)26-9-8-10-27(23(3)4)32(26)37-34(41)36-25-15-16-29(28(21-25)33(40)35-24-13-14-24)38-17-19-39(20-18-38)30-11-6-7-12-31(30)42-5/h6-12,15-16,21-24H,13-14,17-20H2,1-5H3,(H,35,40)(H2,36,37,41). The van der Waals surface area contributed by atoms with Crippen LogP contribution in [-0.2, 0) is 0 Å². The van der Waals surface area contributed by atoms with Crippen molar-refractivity contribution in [3.05, 3.63) is 77.4 Å². The molecule has 0 aromatic heterocycles. The average Bonchev–Trinajstić information content (AvgIpc) is 3.81. The van der Waals surface area contributed by atoms with Gasteiger partial charge in [0.15, 0.2) is 0 Å². The van der Waals surface area contributed by atoms with Gasteiger partial charge in [-0.15, -0.1) is 0 Å². The van der Waals surface area contributed by atoms with Gasteiger partial charge in [-0.1, -0.05) is 58.0 Å². The molecule has 0 atom stereocenters. The number of hydrogen-bond donors (Lipinski definition) is 3. The van der Waals surface area contributed by atoms with E-state index in [4.69, 9.17) is 4.74 Å². The maximum absolute atomic E-state index is 13.4. The molecular formula is C34H43N5O3. The van der Waals surface area contributed by atoms with Gasteiger partial charge in [-0.2, -0.15) is 0 Å². The second kappa shape index (κ2) is 12.8. The topological polar surface area (TPSA) is 85.9 Å². The molecule has 0 unspecified atom stereocenters. The Labute approximate surface area is 249 Å². The van der Waals surface area contributed by atoms with Crippen LogP contribution < -0.4 is 30.5 Å². The van der Waals surface area contributed by atoms with Gasteiger partial charge in [0, 0.05) is 49.3 Å². The number of nitrogens with zero attached hydrogens (tertiary/aromatic N) is 2. The highest BCUT2D eigenvalue weighted by molar-refractivity contribution is 6.04. The highest BCUT2D eigenvalue weighted by atomic mass is 16.5. The Bertz CT molecular complexity index is 1400. The number of amides is 3. The highest BCUT2D eigenvalue weighted by Gasteiger charge is 2.28. The van der Waals surface area contributed by atoms with Crippen molar-refractivity contribution in [1.82, 2.24) is 5.32 Å². The lowest BCUT2D eigenvalue weighted by molar-refractivity contribution is 0.0951. The summed E-state index contributed by atoms with van der Waals surface area (Å²) in [6, 6.07) is 19.8. The lowest BCUT2D eigenvalue weighted by Crippen LogP contribution is -2.47. The zero-order valence-electron chi connectivity index (χ0n) is 25.4. The number of benzene rings is 3. The SMILES string of the molecule is COc1ccccc1N1CCN(c2ccc(NC(=O)Nc3c(C(C)C)cccc3C(C)C)cc2C(=O)NC2CC2)CC1. The number of para-hydroxylation sites is 3. The van der Waals surface area contributed by atoms with E-state index < -0.39 is 0 Å². The van der Waals surface area contributed by atoms with E-state index in [-0.39, 0.29) is 29.8 Å². The summed E-state index contributed by atoms with van der Waals surface area (Å²) in [7, 11) is 1.70. The minimum atomic E-state index is -0.322. The third-order valence-corrected chi connectivity index (χ3v) is 8.07. The van der Waals surface area contributed by atoms with Crippen LogP contribution in [0, 0.1) is 0 Å². The maximum Gasteiger partial charge on any atom is 0.323 e. The fourth-order valence-corrected chi connectivity index (χ4v) is 5.61. The smallest absolute Gasteiger partial charge is 0.323 e. The van der Waals surface area contributed by atoms with Gasteiger partial charge < -0.3 is 30.5 Å². The van der Waals surface area contributed by atoms with Crippen LogP contribution in [0.15, 0.2) is 60.7 Å². The van der Waals surface area contributed by atoms with Gasteiger partial charge in [0.25, 0.3) is 5.91 Å². The molecule has 1 saturated carbocycles. The molecule has 3 aromatic carbocycles. The van der Waals surface area contributed by atoms with Crippen LogP contribution in [0.1, 0.15) is 73.9 Å². The van der Waals surface area contributed by atoms with Crippen LogP contribution in [-0.4, -0.2) is 51.3 Å². The summed E-state index contributed by atoms with van der Waals surface area (Å²) < 4.78 is 5.57. The molecule has 3 N–H and O–H groups in total. The number of carbonyl (C=O) groups is 2. The van der Waals surface area contributed by atoms with Gasteiger partial charge in [0.05, 0.1) is 18.4 Å². The molecule has 0 bridgehead atoms. The number of carbonyl (C=O) groups excluding carboxylic acids is 2. The summed E-state index contributed by atoms with van der Waals surface area (Å²) in [5.41, 5.74) is 6.18. The van der Waals surface area contributed by atoms with Gasteiger partial charge in [-0.3, -0.25) is 4.79 Å². The molecule has 0 spiro atoms. The highest BCUT2D eigenvalue weighted by Crippen LogP contribution is 2.34.